The van der Waals surface area contributed by atoms with Crippen LogP contribution >= 0.6 is 15.9 Å². The highest BCUT2D eigenvalue weighted by molar-refractivity contribution is 9.10. The van der Waals surface area contributed by atoms with Crippen LogP contribution in [0.1, 0.15) is 44.1 Å². The van der Waals surface area contributed by atoms with Crippen molar-refractivity contribution in [3.05, 3.63) is 28.2 Å². The second kappa shape index (κ2) is 6.80. The molecule has 0 amide bonds. The summed E-state index contributed by atoms with van der Waals surface area (Å²) in [7, 11) is 0. The van der Waals surface area contributed by atoms with Gasteiger partial charge in [-0.2, -0.15) is 5.26 Å². The van der Waals surface area contributed by atoms with E-state index in [0.29, 0.717) is 11.5 Å². The number of rotatable bonds is 3. The quantitative estimate of drug-likeness (QED) is 0.760. The van der Waals surface area contributed by atoms with Gasteiger partial charge in [-0.05, 0) is 52.9 Å². The van der Waals surface area contributed by atoms with Gasteiger partial charge in [-0.3, -0.25) is 0 Å². The molecular formula is C15H18BrNO. The van der Waals surface area contributed by atoms with E-state index < -0.39 is 0 Å². The summed E-state index contributed by atoms with van der Waals surface area (Å²) in [6.45, 7) is 0.796. The van der Waals surface area contributed by atoms with E-state index in [-0.39, 0.29) is 0 Å². The minimum absolute atomic E-state index is 0.656. The number of ether oxygens (including phenoxy) is 1. The lowest BCUT2D eigenvalue weighted by Gasteiger charge is -2.16. The molecule has 0 aliphatic heterocycles. The van der Waals surface area contributed by atoms with Crippen LogP contribution in [-0.2, 0) is 0 Å². The zero-order valence-corrected chi connectivity index (χ0v) is 12.1. The van der Waals surface area contributed by atoms with E-state index in [1.54, 1.807) is 6.07 Å². The van der Waals surface area contributed by atoms with E-state index in [9.17, 15) is 0 Å². The molecule has 2 rings (SSSR count). The topological polar surface area (TPSA) is 33.0 Å². The second-order valence-electron chi connectivity index (χ2n) is 4.93. The minimum Gasteiger partial charge on any atom is -0.492 e. The largest absolute Gasteiger partial charge is 0.492 e. The summed E-state index contributed by atoms with van der Waals surface area (Å²) in [5.41, 5.74) is 0.656. The summed E-state index contributed by atoms with van der Waals surface area (Å²) in [5.74, 6) is 1.54. The molecule has 0 atom stereocenters. The molecule has 18 heavy (non-hydrogen) atoms. The molecule has 0 N–H and O–H groups in total. The monoisotopic (exact) mass is 307 g/mol. The van der Waals surface area contributed by atoms with Crippen LogP contribution in [0, 0.1) is 17.2 Å². The first-order chi connectivity index (χ1) is 8.79. The smallest absolute Gasteiger partial charge is 0.133 e. The predicted octanol–water partition coefficient (Wildman–Crippen LogP) is 4.67. The third-order valence-electron chi connectivity index (χ3n) is 3.51. The summed E-state index contributed by atoms with van der Waals surface area (Å²) in [6.07, 6.45) is 7.99. The number of hydrogen-bond donors (Lipinski definition) is 0. The fourth-order valence-corrected chi connectivity index (χ4v) is 2.92. The molecule has 1 aromatic rings. The molecule has 0 radical (unpaired) electrons. The first-order valence-corrected chi connectivity index (χ1v) is 7.41. The summed E-state index contributed by atoms with van der Waals surface area (Å²) in [6, 6.07) is 7.60. The van der Waals surface area contributed by atoms with Crippen molar-refractivity contribution in [2.24, 2.45) is 5.92 Å². The van der Waals surface area contributed by atoms with Crippen molar-refractivity contribution in [3.8, 4) is 11.8 Å². The van der Waals surface area contributed by atoms with Gasteiger partial charge in [0.05, 0.1) is 22.7 Å². The Morgan fingerprint density at radius 1 is 1.22 bits per heavy atom. The van der Waals surface area contributed by atoms with Crippen LogP contribution < -0.4 is 4.74 Å². The molecule has 1 aliphatic rings. The van der Waals surface area contributed by atoms with Crippen LogP contribution in [0.15, 0.2) is 22.7 Å². The Morgan fingerprint density at radius 2 is 1.94 bits per heavy atom. The van der Waals surface area contributed by atoms with Crippen LogP contribution in [0.2, 0.25) is 0 Å². The van der Waals surface area contributed by atoms with Crippen LogP contribution in [-0.4, -0.2) is 6.61 Å². The van der Waals surface area contributed by atoms with Gasteiger partial charge in [0.15, 0.2) is 0 Å². The summed E-state index contributed by atoms with van der Waals surface area (Å²) in [5, 5.41) is 8.81. The van der Waals surface area contributed by atoms with Crippen LogP contribution in [0.5, 0.6) is 5.75 Å². The summed E-state index contributed by atoms with van der Waals surface area (Å²) >= 11 is 3.45. The van der Waals surface area contributed by atoms with Gasteiger partial charge >= 0.3 is 0 Å². The van der Waals surface area contributed by atoms with Crippen molar-refractivity contribution in [1.82, 2.24) is 0 Å². The Labute approximate surface area is 117 Å². The van der Waals surface area contributed by atoms with Crippen LogP contribution in [0.25, 0.3) is 0 Å². The molecule has 0 heterocycles. The number of hydrogen-bond acceptors (Lipinski definition) is 2. The van der Waals surface area contributed by atoms with Crippen molar-refractivity contribution in [2.45, 2.75) is 38.5 Å². The number of benzene rings is 1. The molecule has 3 heteroatoms. The Morgan fingerprint density at radius 3 is 2.56 bits per heavy atom. The highest BCUT2D eigenvalue weighted by atomic mass is 79.9. The third-order valence-corrected chi connectivity index (χ3v) is 4.13. The van der Waals surface area contributed by atoms with E-state index in [0.717, 1.165) is 16.8 Å². The van der Waals surface area contributed by atoms with Crippen molar-refractivity contribution >= 4 is 15.9 Å². The van der Waals surface area contributed by atoms with E-state index in [1.165, 1.54) is 38.5 Å². The van der Waals surface area contributed by atoms with Crippen molar-refractivity contribution < 1.29 is 4.74 Å². The molecule has 96 valence electrons. The minimum atomic E-state index is 0.656. The fourth-order valence-electron chi connectivity index (χ4n) is 2.43. The van der Waals surface area contributed by atoms with Gasteiger partial charge < -0.3 is 4.74 Å². The standard InChI is InChI=1S/C15H18BrNO/c16-14-9-13(10-17)7-8-15(14)18-11-12-5-3-1-2-4-6-12/h7-9,12H,1-6,11H2. The number of nitriles is 1. The molecule has 0 aromatic heterocycles. The molecule has 0 spiro atoms. The highest BCUT2D eigenvalue weighted by Gasteiger charge is 2.13. The number of halogens is 1. The maximum absolute atomic E-state index is 8.81. The first-order valence-electron chi connectivity index (χ1n) is 6.62. The molecule has 0 unspecified atom stereocenters. The van der Waals surface area contributed by atoms with Gasteiger partial charge in [-0.15, -0.1) is 0 Å². The van der Waals surface area contributed by atoms with Crippen molar-refractivity contribution in [2.75, 3.05) is 6.61 Å². The van der Waals surface area contributed by atoms with Gasteiger partial charge in [0.1, 0.15) is 5.75 Å². The normalized spacial score (nSPS) is 16.9. The Bertz CT molecular complexity index is 431. The van der Waals surface area contributed by atoms with E-state index in [2.05, 4.69) is 22.0 Å². The molecule has 1 fully saturated rings. The van der Waals surface area contributed by atoms with E-state index in [1.807, 2.05) is 12.1 Å². The Kier molecular flexibility index (Phi) is 5.07. The lowest BCUT2D eigenvalue weighted by Crippen LogP contribution is -2.11. The summed E-state index contributed by atoms with van der Waals surface area (Å²) in [4.78, 5) is 0. The molecule has 1 aliphatic carbocycles. The summed E-state index contributed by atoms with van der Waals surface area (Å²) < 4.78 is 6.75. The zero-order valence-electron chi connectivity index (χ0n) is 10.5. The van der Waals surface area contributed by atoms with Crippen molar-refractivity contribution in [3.63, 3.8) is 0 Å². The predicted molar refractivity (Wildman–Crippen MR) is 75.5 cm³/mol. The first kappa shape index (κ1) is 13.4. The number of nitrogens with zero attached hydrogens (tertiary/aromatic N) is 1. The van der Waals surface area contributed by atoms with Gasteiger partial charge in [0.25, 0.3) is 0 Å². The molecule has 1 saturated carbocycles. The Hall–Kier alpha value is -1.01. The van der Waals surface area contributed by atoms with Gasteiger partial charge in [0.2, 0.25) is 0 Å². The van der Waals surface area contributed by atoms with Gasteiger partial charge in [-0.1, -0.05) is 25.7 Å². The van der Waals surface area contributed by atoms with Gasteiger partial charge in [0, 0.05) is 0 Å². The lowest BCUT2D eigenvalue weighted by molar-refractivity contribution is 0.232. The average Bonchev–Trinajstić information content (AvgIpc) is 2.66. The fraction of sp³-hybridized carbons (Fsp3) is 0.533. The van der Waals surface area contributed by atoms with Crippen molar-refractivity contribution in [1.29, 1.82) is 5.26 Å². The molecule has 0 saturated heterocycles. The van der Waals surface area contributed by atoms with Gasteiger partial charge in [-0.25, -0.2) is 0 Å². The van der Waals surface area contributed by atoms with Crippen LogP contribution in [0.3, 0.4) is 0 Å². The Balaban J connectivity index is 1.91. The second-order valence-corrected chi connectivity index (χ2v) is 5.78. The molecule has 0 bridgehead atoms. The lowest BCUT2D eigenvalue weighted by atomic mass is 10.0. The van der Waals surface area contributed by atoms with E-state index >= 15 is 0 Å². The maximum atomic E-state index is 8.81. The highest BCUT2D eigenvalue weighted by Crippen LogP contribution is 2.28. The zero-order chi connectivity index (χ0) is 12.8. The molecule has 2 nitrogen and oxygen atoms in total. The SMILES string of the molecule is N#Cc1ccc(OCC2CCCCCC2)c(Br)c1. The average molecular weight is 308 g/mol. The van der Waals surface area contributed by atoms with E-state index in [4.69, 9.17) is 10.00 Å². The molecular weight excluding hydrogens is 290 g/mol. The third kappa shape index (κ3) is 3.74. The maximum Gasteiger partial charge on any atom is 0.133 e. The molecule has 1 aromatic carbocycles. The van der Waals surface area contributed by atoms with Crippen LogP contribution in [0.4, 0.5) is 0 Å².